The van der Waals surface area contributed by atoms with Crippen molar-refractivity contribution in [3.05, 3.63) is 24.4 Å². The fraction of sp³-hybridized carbons (Fsp3) is 0.706. The Morgan fingerprint density at radius 3 is 2.57 bits per heavy atom. The maximum Gasteiger partial charge on any atom is 0.128 e. The molecule has 4 heteroatoms. The zero-order valence-corrected chi connectivity index (χ0v) is 13.4. The normalized spacial score (nSPS) is 17.9. The molecular weight excluding hydrogens is 260 g/mol. The van der Waals surface area contributed by atoms with Crippen molar-refractivity contribution in [2.45, 2.75) is 45.1 Å². The van der Waals surface area contributed by atoms with Crippen LogP contribution in [0.5, 0.6) is 0 Å². The molecule has 0 aromatic carbocycles. The van der Waals surface area contributed by atoms with E-state index in [1.165, 1.54) is 32.1 Å². The molecule has 4 nitrogen and oxygen atoms in total. The van der Waals surface area contributed by atoms with Gasteiger partial charge >= 0.3 is 0 Å². The smallest absolute Gasteiger partial charge is 0.128 e. The summed E-state index contributed by atoms with van der Waals surface area (Å²) in [7, 11) is 0. The van der Waals surface area contributed by atoms with Crippen molar-refractivity contribution in [2.75, 3.05) is 37.6 Å². The molecule has 118 valence electrons. The standard InChI is InChI=1S/C17H30N4/c1-2-3-4-5-8-16(15-18)20-11-13-21(14-12-20)17-9-6-7-10-19-17/h6-7,9-10,16H,2-5,8,11-15,18H2,1H3. The summed E-state index contributed by atoms with van der Waals surface area (Å²) < 4.78 is 0. The van der Waals surface area contributed by atoms with Crippen LogP contribution in [0.1, 0.15) is 39.0 Å². The topological polar surface area (TPSA) is 45.4 Å². The van der Waals surface area contributed by atoms with Crippen LogP contribution in [0.4, 0.5) is 5.82 Å². The number of aromatic nitrogens is 1. The highest BCUT2D eigenvalue weighted by atomic mass is 15.3. The van der Waals surface area contributed by atoms with Gasteiger partial charge in [0.05, 0.1) is 0 Å². The van der Waals surface area contributed by atoms with Crippen molar-refractivity contribution in [1.29, 1.82) is 0 Å². The van der Waals surface area contributed by atoms with Crippen molar-refractivity contribution in [2.24, 2.45) is 5.73 Å². The van der Waals surface area contributed by atoms with Gasteiger partial charge < -0.3 is 10.6 Å². The van der Waals surface area contributed by atoms with E-state index in [9.17, 15) is 0 Å². The molecule has 21 heavy (non-hydrogen) atoms. The number of nitrogens with two attached hydrogens (primary N) is 1. The fourth-order valence-electron chi connectivity index (χ4n) is 3.11. The van der Waals surface area contributed by atoms with Crippen LogP contribution in [-0.2, 0) is 0 Å². The van der Waals surface area contributed by atoms with E-state index in [0.29, 0.717) is 6.04 Å². The van der Waals surface area contributed by atoms with E-state index in [1.807, 2.05) is 12.3 Å². The molecule has 1 aromatic rings. The second-order valence-corrected chi connectivity index (χ2v) is 5.95. The van der Waals surface area contributed by atoms with Crippen LogP contribution >= 0.6 is 0 Å². The van der Waals surface area contributed by atoms with Crippen molar-refractivity contribution in [3.63, 3.8) is 0 Å². The lowest BCUT2D eigenvalue weighted by molar-refractivity contribution is 0.177. The fourth-order valence-corrected chi connectivity index (χ4v) is 3.11. The predicted octanol–water partition coefficient (Wildman–Crippen LogP) is 2.50. The van der Waals surface area contributed by atoms with Gasteiger partial charge in [-0.25, -0.2) is 4.98 Å². The van der Waals surface area contributed by atoms with Gasteiger partial charge in [0.2, 0.25) is 0 Å². The molecular formula is C17H30N4. The second kappa shape index (κ2) is 9.00. The molecule has 2 rings (SSSR count). The van der Waals surface area contributed by atoms with Gasteiger partial charge in [-0.3, -0.25) is 4.90 Å². The molecule has 0 radical (unpaired) electrons. The molecule has 1 fully saturated rings. The Labute approximate surface area is 129 Å². The highest BCUT2D eigenvalue weighted by Crippen LogP contribution is 2.16. The van der Waals surface area contributed by atoms with Crippen molar-refractivity contribution < 1.29 is 0 Å². The van der Waals surface area contributed by atoms with Crippen LogP contribution in [-0.4, -0.2) is 48.6 Å². The third-order valence-electron chi connectivity index (χ3n) is 4.47. The quantitative estimate of drug-likeness (QED) is 0.747. The summed E-state index contributed by atoms with van der Waals surface area (Å²) in [5, 5.41) is 0. The summed E-state index contributed by atoms with van der Waals surface area (Å²) in [6.45, 7) is 7.37. The minimum absolute atomic E-state index is 0.563. The molecule has 1 aromatic heterocycles. The monoisotopic (exact) mass is 290 g/mol. The number of hydrogen-bond donors (Lipinski definition) is 1. The zero-order valence-electron chi connectivity index (χ0n) is 13.4. The first kappa shape index (κ1) is 16.2. The zero-order chi connectivity index (χ0) is 14.9. The van der Waals surface area contributed by atoms with Gasteiger partial charge in [0.25, 0.3) is 0 Å². The van der Waals surface area contributed by atoms with Crippen LogP contribution < -0.4 is 10.6 Å². The van der Waals surface area contributed by atoms with E-state index in [1.54, 1.807) is 0 Å². The van der Waals surface area contributed by atoms with E-state index in [2.05, 4.69) is 33.8 Å². The maximum atomic E-state index is 6.00. The van der Waals surface area contributed by atoms with E-state index >= 15 is 0 Å². The maximum absolute atomic E-state index is 6.00. The van der Waals surface area contributed by atoms with Gasteiger partial charge in [0, 0.05) is 45.0 Å². The summed E-state index contributed by atoms with van der Waals surface area (Å²) in [5.74, 6) is 1.10. The first-order valence-corrected chi connectivity index (χ1v) is 8.45. The van der Waals surface area contributed by atoms with E-state index in [0.717, 1.165) is 38.5 Å². The Morgan fingerprint density at radius 1 is 1.14 bits per heavy atom. The van der Waals surface area contributed by atoms with Crippen LogP contribution in [0, 0.1) is 0 Å². The van der Waals surface area contributed by atoms with Crippen LogP contribution in [0.25, 0.3) is 0 Å². The predicted molar refractivity (Wildman–Crippen MR) is 89.6 cm³/mol. The molecule has 2 heterocycles. The highest BCUT2D eigenvalue weighted by Gasteiger charge is 2.23. The first-order chi connectivity index (χ1) is 10.3. The summed E-state index contributed by atoms with van der Waals surface area (Å²) in [4.78, 5) is 9.40. The van der Waals surface area contributed by atoms with Crippen molar-refractivity contribution >= 4 is 5.82 Å². The third-order valence-corrected chi connectivity index (χ3v) is 4.47. The summed E-state index contributed by atoms with van der Waals surface area (Å²) in [5.41, 5.74) is 6.00. The Kier molecular flexibility index (Phi) is 6.96. The molecule has 1 aliphatic rings. The number of piperazine rings is 1. The second-order valence-electron chi connectivity index (χ2n) is 5.95. The number of nitrogens with zero attached hydrogens (tertiary/aromatic N) is 3. The Bertz CT molecular complexity index is 374. The van der Waals surface area contributed by atoms with Crippen LogP contribution in [0.15, 0.2) is 24.4 Å². The van der Waals surface area contributed by atoms with Gasteiger partial charge in [0.15, 0.2) is 0 Å². The average Bonchev–Trinajstić information content (AvgIpc) is 2.56. The largest absolute Gasteiger partial charge is 0.354 e. The Balaban J connectivity index is 1.76. The molecule has 0 saturated carbocycles. The lowest BCUT2D eigenvalue weighted by Gasteiger charge is -2.39. The number of pyridine rings is 1. The molecule has 1 aliphatic heterocycles. The molecule has 0 aliphatic carbocycles. The van der Waals surface area contributed by atoms with Crippen molar-refractivity contribution in [3.8, 4) is 0 Å². The van der Waals surface area contributed by atoms with E-state index < -0.39 is 0 Å². The van der Waals surface area contributed by atoms with Crippen molar-refractivity contribution in [1.82, 2.24) is 9.88 Å². The molecule has 1 saturated heterocycles. The van der Waals surface area contributed by atoms with Crippen LogP contribution in [0.3, 0.4) is 0 Å². The SMILES string of the molecule is CCCCCCC(CN)N1CCN(c2ccccn2)CC1. The molecule has 0 spiro atoms. The van der Waals surface area contributed by atoms with Gasteiger partial charge in [0.1, 0.15) is 5.82 Å². The number of anilines is 1. The lowest BCUT2D eigenvalue weighted by atomic mass is 10.1. The first-order valence-electron chi connectivity index (χ1n) is 8.45. The molecule has 1 unspecified atom stereocenters. The van der Waals surface area contributed by atoms with E-state index in [4.69, 9.17) is 5.73 Å². The number of rotatable bonds is 8. The average molecular weight is 290 g/mol. The number of unbranched alkanes of at least 4 members (excludes halogenated alkanes) is 3. The third kappa shape index (κ3) is 4.97. The molecule has 1 atom stereocenters. The molecule has 0 amide bonds. The summed E-state index contributed by atoms with van der Waals surface area (Å²) >= 11 is 0. The minimum Gasteiger partial charge on any atom is -0.354 e. The highest BCUT2D eigenvalue weighted by molar-refractivity contribution is 5.38. The minimum atomic E-state index is 0.563. The van der Waals surface area contributed by atoms with Gasteiger partial charge in [-0.15, -0.1) is 0 Å². The van der Waals surface area contributed by atoms with Gasteiger partial charge in [-0.05, 0) is 18.6 Å². The molecule has 2 N–H and O–H groups in total. The Hall–Kier alpha value is -1.13. The lowest BCUT2D eigenvalue weighted by Crippen LogP contribution is -2.52. The van der Waals surface area contributed by atoms with Gasteiger partial charge in [-0.1, -0.05) is 38.7 Å². The molecule has 0 bridgehead atoms. The summed E-state index contributed by atoms with van der Waals surface area (Å²) in [6, 6.07) is 6.69. The van der Waals surface area contributed by atoms with Crippen LogP contribution in [0.2, 0.25) is 0 Å². The summed E-state index contributed by atoms with van der Waals surface area (Å²) in [6.07, 6.45) is 8.44. The van der Waals surface area contributed by atoms with Gasteiger partial charge in [-0.2, -0.15) is 0 Å². The Morgan fingerprint density at radius 2 is 1.95 bits per heavy atom. The van der Waals surface area contributed by atoms with E-state index in [-0.39, 0.29) is 0 Å². The number of hydrogen-bond acceptors (Lipinski definition) is 4.